The van der Waals surface area contributed by atoms with Gasteiger partial charge in [-0.25, -0.2) is 9.78 Å². The van der Waals surface area contributed by atoms with Gasteiger partial charge in [0.1, 0.15) is 5.03 Å². The molecule has 0 aliphatic rings. The number of ether oxygens (including phenoxy) is 1. The van der Waals surface area contributed by atoms with Crippen molar-refractivity contribution in [3.05, 3.63) is 58.2 Å². The summed E-state index contributed by atoms with van der Waals surface area (Å²) in [5, 5.41) is 0.905. The lowest BCUT2D eigenvalue weighted by atomic mass is 10.1. The third kappa shape index (κ3) is 3.58. The fourth-order valence-electron chi connectivity index (χ4n) is 1.58. The second-order valence-electron chi connectivity index (χ2n) is 3.73. The van der Waals surface area contributed by atoms with Crippen molar-refractivity contribution in [2.24, 2.45) is 0 Å². The van der Waals surface area contributed by atoms with Crippen LogP contribution in [0.1, 0.15) is 15.9 Å². The first-order valence-corrected chi connectivity index (χ1v) is 7.39. The third-order valence-corrected chi connectivity index (χ3v) is 4.47. The van der Waals surface area contributed by atoms with Crippen molar-refractivity contribution in [2.45, 2.75) is 10.8 Å². The minimum Gasteiger partial charge on any atom is -0.465 e. The zero-order chi connectivity index (χ0) is 13.7. The van der Waals surface area contributed by atoms with E-state index in [1.165, 1.54) is 7.11 Å². The van der Waals surface area contributed by atoms with Crippen LogP contribution in [0.25, 0.3) is 0 Å². The van der Waals surface area contributed by atoms with E-state index in [0.717, 1.165) is 15.1 Å². The van der Waals surface area contributed by atoms with Gasteiger partial charge in [0.25, 0.3) is 0 Å². The van der Waals surface area contributed by atoms with Gasteiger partial charge >= 0.3 is 5.97 Å². The molecule has 0 atom stereocenters. The molecular formula is C14H12BrNO2S. The smallest absolute Gasteiger partial charge is 0.338 e. The molecule has 0 aliphatic heterocycles. The molecule has 19 heavy (non-hydrogen) atoms. The number of hydrogen-bond donors (Lipinski definition) is 0. The number of methoxy groups -OCH3 is 1. The Labute approximate surface area is 124 Å². The van der Waals surface area contributed by atoms with Crippen LogP contribution in [-0.4, -0.2) is 18.1 Å². The molecule has 1 heterocycles. The van der Waals surface area contributed by atoms with Crippen LogP contribution in [0.5, 0.6) is 0 Å². The van der Waals surface area contributed by atoms with Crippen LogP contribution in [0.4, 0.5) is 0 Å². The molecule has 0 N–H and O–H groups in total. The number of aromatic nitrogens is 1. The highest BCUT2D eigenvalue weighted by Crippen LogP contribution is 2.28. The monoisotopic (exact) mass is 337 g/mol. The second kappa shape index (κ2) is 6.73. The summed E-state index contributed by atoms with van der Waals surface area (Å²) in [7, 11) is 1.39. The molecule has 1 aromatic heterocycles. The molecule has 0 aliphatic carbocycles. The van der Waals surface area contributed by atoms with Crippen molar-refractivity contribution >= 4 is 33.7 Å². The lowest BCUT2D eigenvalue weighted by molar-refractivity contribution is 0.0600. The minimum absolute atomic E-state index is 0.309. The van der Waals surface area contributed by atoms with Crippen LogP contribution in [0.15, 0.2) is 52.1 Å². The van der Waals surface area contributed by atoms with E-state index in [0.29, 0.717) is 11.3 Å². The number of nitrogens with zero attached hydrogens (tertiary/aromatic N) is 1. The van der Waals surface area contributed by atoms with Crippen LogP contribution in [0.2, 0.25) is 0 Å². The highest BCUT2D eigenvalue weighted by molar-refractivity contribution is 9.10. The number of hydrogen-bond acceptors (Lipinski definition) is 4. The zero-order valence-electron chi connectivity index (χ0n) is 10.3. The number of halogens is 1. The summed E-state index contributed by atoms with van der Waals surface area (Å²) in [5.41, 5.74) is 1.54. The Hall–Kier alpha value is -1.33. The Bertz CT molecular complexity index is 589. The summed E-state index contributed by atoms with van der Waals surface area (Å²) in [5.74, 6) is 0.359. The fraction of sp³-hybridized carbons (Fsp3) is 0.143. The van der Waals surface area contributed by atoms with Crippen molar-refractivity contribution in [2.75, 3.05) is 7.11 Å². The molecule has 0 amide bonds. The number of carbonyl (C=O) groups is 1. The van der Waals surface area contributed by atoms with Crippen molar-refractivity contribution in [3.63, 3.8) is 0 Å². The van der Waals surface area contributed by atoms with Gasteiger partial charge in [0.05, 0.1) is 12.7 Å². The summed E-state index contributed by atoms with van der Waals surface area (Å²) in [6.07, 6.45) is 1.75. The average molecular weight is 338 g/mol. The summed E-state index contributed by atoms with van der Waals surface area (Å²) < 4.78 is 5.73. The molecule has 0 bridgehead atoms. The number of benzene rings is 1. The SMILES string of the molecule is COC(=O)c1ccccc1CSc1ncccc1Br. The predicted octanol–water partition coefficient (Wildman–Crippen LogP) is 3.92. The average Bonchev–Trinajstić information content (AvgIpc) is 2.46. The molecule has 1 aromatic carbocycles. The van der Waals surface area contributed by atoms with Crippen LogP contribution in [0, 0.1) is 0 Å². The Morgan fingerprint density at radius 1 is 1.32 bits per heavy atom. The molecule has 2 rings (SSSR count). The minimum atomic E-state index is -0.309. The number of rotatable bonds is 4. The Morgan fingerprint density at radius 2 is 2.11 bits per heavy atom. The van der Waals surface area contributed by atoms with Gasteiger partial charge < -0.3 is 4.74 Å². The molecule has 0 radical (unpaired) electrons. The van der Waals surface area contributed by atoms with E-state index >= 15 is 0 Å². The van der Waals surface area contributed by atoms with Crippen LogP contribution in [-0.2, 0) is 10.5 Å². The first-order chi connectivity index (χ1) is 9.22. The van der Waals surface area contributed by atoms with Crippen molar-refractivity contribution in [3.8, 4) is 0 Å². The highest BCUT2D eigenvalue weighted by Gasteiger charge is 2.11. The van der Waals surface area contributed by atoms with E-state index in [4.69, 9.17) is 4.74 Å². The molecule has 0 saturated carbocycles. The van der Waals surface area contributed by atoms with Crippen LogP contribution < -0.4 is 0 Å². The maximum atomic E-state index is 11.7. The van der Waals surface area contributed by atoms with Gasteiger partial charge in [-0.2, -0.15) is 0 Å². The lowest BCUT2D eigenvalue weighted by Gasteiger charge is -2.07. The van der Waals surface area contributed by atoms with Gasteiger partial charge in [0.2, 0.25) is 0 Å². The van der Waals surface area contributed by atoms with Crippen LogP contribution in [0.3, 0.4) is 0 Å². The molecule has 98 valence electrons. The van der Waals surface area contributed by atoms with Crippen molar-refractivity contribution in [1.29, 1.82) is 0 Å². The van der Waals surface area contributed by atoms with E-state index in [1.807, 2.05) is 30.3 Å². The summed E-state index contributed by atoms with van der Waals surface area (Å²) in [6.45, 7) is 0. The Morgan fingerprint density at radius 3 is 2.84 bits per heavy atom. The van der Waals surface area contributed by atoms with Gasteiger partial charge in [-0.05, 0) is 39.7 Å². The second-order valence-corrected chi connectivity index (χ2v) is 5.55. The molecule has 0 spiro atoms. The number of pyridine rings is 1. The lowest BCUT2D eigenvalue weighted by Crippen LogP contribution is -2.04. The standard InChI is InChI=1S/C14H12BrNO2S/c1-18-14(17)11-6-3-2-5-10(11)9-19-13-12(15)7-4-8-16-13/h2-8H,9H2,1H3. The Kier molecular flexibility index (Phi) is 4.99. The number of carbonyl (C=O) groups excluding carboxylic acids is 1. The summed E-state index contributed by atoms with van der Waals surface area (Å²) in [6, 6.07) is 11.3. The molecule has 0 unspecified atom stereocenters. The largest absolute Gasteiger partial charge is 0.465 e. The van der Waals surface area contributed by atoms with Gasteiger partial charge in [0.15, 0.2) is 0 Å². The molecule has 0 saturated heterocycles. The summed E-state index contributed by atoms with van der Waals surface area (Å²) >= 11 is 5.03. The van der Waals surface area contributed by atoms with Crippen LogP contribution >= 0.6 is 27.7 Å². The highest BCUT2D eigenvalue weighted by atomic mass is 79.9. The van der Waals surface area contributed by atoms with E-state index < -0.39 is 0 Å². The molecular weight excluding hydrogens is 326 g/mol. The maximum Gasteiger partial charge on any atom is 0.338 e. The fourth-order valence-corrected chi connectivity index (χ4v) is 3.06. The molecule has 2 aromatic rings. The van der Waals surface area contributed by atoms with E-state index in [1.54, 1.807) is 24.0 Å². The predicted molar refractivity (Wildman–Crippen MR) is 79.3 cm³/mol. The number of esters is 1. The third-order valence-electron chi connectivity index (χ3n) is 2.51. The quantitative estimate of drug-likeness (QED) is 0.626. The topological polar surface area (TPSA) is 39.2 Å². The van der Waals surface area contributed by atoms with E-state index in [9.17, 15) is 4.79 Å². The molecule has 0 fully saturated rings. The maximum absolute atomic E-state index is 11.7. The molecule has 5 heteroatoms. The summed E-state index contributed by atoms with van der Waals surface area (Å²) in [4.78, 5) is 15.9. The van der Waals surface area contributed by atoms with E-state index in [-0.39, 0.29) is 5.97 Å². The normalized spacial score (nSPS) is 10.2. The molecule has 3 nitrogen and oxygen atoms in total. The van der Waals surface area contributed by atoms with Gasteiger partial charge in [-0.1, -0.05) is 18.2 Å². The number of thioether (sulfide) groups is 1. The van der Waals surface area contributed by atoms with E-state index in [2.05, 4.69) is 20.9 Å². The van der Waals surface area contributed by atoms with Crippen molar-refractivity contribution < 1.29 is 9.53 Å². The van der Waals surface area contributed by atoms with Crippen molar-refractivity contribution in [1.82, 2.24) is 4.98 Å². The first-order valence-electron chi connectivity index (χ1n) is 5.62. The van der Waals surface area contributed by atoms with Gasteiger partial charge in [0, 0.05) is 16.4 Å². The first kappa shape index (κ1) is 14.1. The zero-order valence-corrected chi connectivity index (χ0v) is 12.7. The Balaban J connectivity index is 2.16. The van der Waals surface area contributed by atoms with Gasteiger partial charge in [-0.15, -0.1) is 11.8 Å². The van der Waals surface area contributed by atoms with Gasteiger partial charge in [-0.3, -0.25) is 0 Å².